The lowest BCUT2D eigenvalue weighted by molar-refractivity contribution is 0.699. The van der Waals surface area contributed by atoms with Crippen LogP contribution in [0.2, 0.25) is 0 Å². The minimum atomic E-state index is 0.551. The third kappa shape index (κ3) is 1.41. The van der Waals surface area contributed by atoms with E-state index in [0.717, 1.165) is 0 Å². The molecule has 1 aromatic rings. The van der Waals surface area contributed by atoms with Crippen molar-refractivity contribution < 1.29 is 0 Å². The summed E-state index contributed by atoms with van der Waals surface area (Å²) in [5, 5.41) is 0. The molecule has 0 N–H and O–H groups in total. The summed E-state index contributed by atoms with van der Waals surface area (Å²) in [6, 6.07) is 8.70. The Hall–Kier alpha value is -1.30. The second kappa shape index (κ2) is 3.83. The van der Waals surface area contributed by atoms with Gasteiger partial charge >= 0.3 is 0 Å². The molecule has 0 nitrogen and oxygen atoms in total. The lowest BCUT2D eigenvalue weighted by atomic mass is 9.79. The molecule has 0 heterocycles. The molecule has 72 valence electrons. The van der Waals surface area contributed by atoms with Gasteiger partial charge in [-0.1, -0.05) is 36.4 Å². The molecule has 14 heavy (non-hydrogen) atoms. The molecule has 0 fully saturated rings. The Kier molecular flexibility index (Phi) is 2.53. The molecule has 0 aromatic heterocycles. The average Bonchev–Trinajstić information content (AvgIpc) is 2.27. The predicted octanol–water partition coefficient (Wildman–Crippen LogP) is 3.84. The summed E-state index contributed by atoms with van der Waals surface area (Å²) >= 11 is 0. The standard InChI is InChI=1S/C14H16/c1-3-11-9-10-12-7-5-6-8-14(12)13(11)4-2/h3-8,11H,1,9-10H2,2H3/b13-4+/t11-/m1/s1. The van der Waals surface area contributed by atoms with Gasteiger partial charge in [0.15, 0.2) is 0 Å². The first-order valence-electron chi connectivity index (χ1n) is 5.24. The second-order valence-corrected chi connectivity index (χ2v) is 3.78. The van der Waals surface area contributed by atoms with Crippen LogP contribution in [0.3, 0.4) is 0 Å². The van der Waals surface area contributed by atoms with Crippen molar-refractivity contribution in [3.63, 3.8) is 0 Å². The number of aryl methyl sites for hydroxylation is 1. The van der Waals surface area contributed by atoms with Crippen molar-refractivity contribution in [3.05, 3.63) is 54.1 Å². The highest BCUT2D eigenvalue weighted by atomic mass is 14.2. The molecule has 0 spiro atoms. The Morgan fingerprint density at radius 1 is 1.36 bits per heavy atom. The Balaban J connectivity index is 2.50. The van der Waals surface area contributed by atoms with E-state index in [1.54, 1.807) is 0 Å². The third-order valence-electron chi connectivity index (χ3n) is 3.05. The van der Waals surface area contributed by atoms with Gasteiger partial charge in [-0.3, -0.25) is 0 Å². The molecule has 0 unspecified atom stereocenters. The third-order valence-corrected chi connectivity index (χ3v) is 3.05. The highest BCUT2D eigenvalue weighted by Gasteiger charge is 2.19. The molecule has 1 aromatic carbocycles. The zero-order chi connectivity index (χ0) is 9.97. The van der Waals surface area contributed by atoms with Crippen molar-refractivity contribution in [2.75, 3.05) is 0 Å². The van der Waals surface area contributed by atoms with Crippen LogP contribution in [0.1, 0.15) is 24.5 Å². The molecule has 0 bridgehead atoms. The van der Waals surface area contributed by atoms with Crippen LogP contribution in [0.25, 0.3) is 5.57 Å². The highest BCUT2D eigenvalue weighted by molar-refractivity contribution is 5.72. The number of allylic oxidation sites excluding steroid dienone is 3. The predicted molar refractivity (Wildman–Crippen MR) is 62.1 cm³/mol. The first-order chi connectivity index (χ1) is 6.86. The fraction of sp³-hybridized carbons (Fsp3) is 0.286. The van der Waals surface area contributed by atoms with Crippen molar-refractivity contribution in [1.82, 2.24) is 0 Å². The van der Waals surface area contributed by atoms with E-state index in [1.807, 2.05) is 0 Å². The maximum atomic E-state index is 3.91. The molecule has 0 aliphatic heterocycles. The first-order valence-corrected chi connectivity index (χ1v) is 5.24. The second-order valence-electron chi connectivity index (χ2n) is 3.78. The van der Waals surface area contributed by atoms with E-state index >= 15 is 0 Å². The van der Waals surface area contributed by atoms with Crippen LogP contribution in [0.4, 0.5) is 0 Å². The fourth-order valence-electron chi connectivity index (χ4n) is 2.30. The summed E-state index contributed by atoms with van der Waals surface area (Å²) < 4.78 is 0. The quantitative estimate of drug-likeness (QED) is 0.582. The van der Waals surface area contributed by atoms with Crippen molar-refractivity contribution in [2.24, 2.45) is 5.92 Å². The van der Waals surface area contributed by atoms with Gasteiger partial charge in [0.2, 0.25) is 0 Å². The lowest BCUT2D eigenvalue weighted by Gasteiger charge is -2.25. The van der Waals surface area contributed by atoms with Gasteiger partial charge < -0.3 is 0 Å². The molecule has 0 saturated carbocycles. The molecule has 2 rings (SSSR count). The maximum Gasteiger partial charge on any atom is 0.00212 e. The molecule has 1 aliphatic rings. The fourth-order valence-corrected chi connectivity index (χ4v) is 2.30. The smallest absolute Gasteiger partial charge is 0.00212 e. The maximum absolute atomic E-state index is 3.91. The van der Waals surface area contributed by atoms with Gasteiger partial charge in [0.25, 0.3) is 0 Å². The van der Waals surface area contributed by atoms with E-state index in [0.29, 0.717) is 5.92 Å². The summed E-state index contributed by atoms with van der Waals surface area (Å²) in [4.78, 5) is 0. The number of rotatable bonds is 1. The first kappa shape index (κ1) is 9.26. The average molecular weight is 184 g/mol. The van der Waals surface area contributed by atoms with Crippen molar-refractivity contribution in [3.8, 4) is 0 Å². The van der Waals surface area contributed by atoms with Crippen molar-refractivity contribution in [2.45, 2.75) is 19.8 Å². The van der Waals surface area contributed by atoms with E-state index < -0.39 is 0 Å². The van der Waals surface area contributed by atoms with Gasteiger partial charge in [-0.25, -0.2) is 0 Å². The monoisotopic (exact) mass is 184 g/mol. The molecule has 1 aliphatic carbocycles. The topological polar surface area (TPSA) is 0 Å². The molecule has 1 atom stereocenters. The zero-order valence-corrected chi connectivity index (χ0v) is 8.66. The normalized spacial score (nSPS) is 23.2. The Bertz CT molecular complexity index is 371. The Labute approximate surface area is 86.0 Å². The number of fused-ring (bicyclic) bond motifs is 1. The van der Waals surface area contributed by atoms with Crippen molar-refractivity contribution in [1.29, 1.82) is 0 Å². The summed E-state index contributed by atoms with van der Waals surface area (Å²) in [6.45, 7) is 6.03. The number of benzene rings is 1. The number of hydrogen-bond acceptors (Lipinski definition) is 0. The van der Waals surface area contributed by atoms with E-state index in [-0.39, 0.29) is 0 Å². The Morgan fingerprint density at radius 2 is 2.14 bits per heavy atom. The molecular formula is C14H16. The summed E-state index contributed by atoms with van der Waals surface area (Å²) in [7, 11) is 0. The van der Waals surface area contributed by atoms with Gasteiger partial charge in [0.05, 0.1) is 0 Å². The van der Waals surface area contributed by atoms with Gasteiger partial charge in [0.1, 0.15) is 0 Å². The van der Waals surface area contributed by atoms with Gasteiger partial charge in [-0.2, -0.15) is 0 Å². The van der Waals surface area contributed by atoms with Crippen LogP contribution in [0.15, 0.2) is 43.0 Å². The van der Waals surface area contributed by atoms with Crippen LogP contribution in [0, 0.1) is 5.92 Å². The van der Waals surface area contributed by atoms with E-state index in [9.17, 15) is 0 Å². The SMILES string of the molecule is C=C[C@@H]1CCc2ccccc2/C1=C/C. The van der Waals surface area contributed by atoms with Gasteiger partial charge in [-0.05, 0) is 36.5 Å². The Morgan fingerprint density at radius 3 is 2.86 bits per heavy atom. The molecule has 0 saturated heterocycles. The van der Waals surface area contributed by atoms with Gasteiger partial charge in [0, 0.05) is 5.92 Å². The molecule has 0 heteroatoms. The van der Waals surface area contributed by atoms with Crippen molar-refractivity contribution >= 4 is 5.57 Å². The molecular weight excluding hydrogens is 168 g/mol. The molecule has 0 radical (unpaired) electrons. The summed E-state index contributed by atoms with van der Waals surface area (Å²) in [6.07, 6.45) is 6.69. The van der Waals surface area contributed by atoms with Crippen LogP contribution in [-0.2, 0) is 6.42 Å². The van der Waals surface area contributed by atoms with E-state index in [2.05, 4.69) is 49.9 Å². The van der Waals surface area contributed by atoms with Crippen LogP contribution >= 0.6 is 0 Å². The van der Waals surface area contributed by atoms with E-state index in [4.69, 9.17) is 0 Å². The zero-order valence-electron chi connectivity index (χ0n) is 8.66. The minimum Gasteiger partial charge on any atom is -0.102 e. The number of hydrogen-bond donors (Lipinski definition) is 0. The largest absolute Gasteiger partial charge is 0.102 e. The van der Waals surface area contributed by atoms with Crippen LogP contribution in [-0.4, -0.2) is 0 Å². The van der Waals surface area contributed by atoms with Gasteiger partial charge in [-0.15, -0.1) is 6.58 Å². The van der Waals surface area contributed by atoms with E-state index in [1.165, 1.54) is 29.5 Å². The minimum absolute atomic E-state index is 0.551. The van der Waals surface area contributed by atoms with Crippen LogP contribution in [0.5, 0.6) is 0 Å². The lowest BCUT2D eigenvalue weighted by Crippen LogP contribution is -2.10. The summed E-state index contributed by atoms with van der Waals surface area (Å²) in [5.41, 5.74) is 4.35. The highest BCUT2D eigenvalue weighted by Crippen LogP contribution is 2.35. The summed E-state index contributed by atoms with van der Waals surface area (Å²) in [5.74, 6) is 0.551. The molecule has 0 amide bonds. The van der Waals surface area contributed by atoms with Crippen LogP contribution < -0.4 is 0 Å².